The average molecular weight is 208 g/mol. The molecule has 1 aromatic carbocycles. The van der Waals surface area contributed by atoms with Crippen molar-refractivity contribution in [2.45, 2.75) is 13.0 Å². The third-order valence-electron chi connectivity index (χ3n) is 1.89. The second-order valence-corrected chi connectivity index (χ2v) is 3.16. The van der Waals surface area contributed by atoms with E-state index >= 15 is 0 Å². The van der Waals surface area contributed by atoms with Gasteiger partial charge in [-0.3, -0.25) is 9.59 Å². The lowest BCUT2D eigenvalue weighted by molar-refractivity contribution is -0.138. The molecule has 15 heavy (non-hydrogen) atoms. The highest BCUT2D eigenvalue weighted by molar-refractivity contribution is 5.96. The Hall–Kier alpha value is -2.04. The van der Waals surface area contributed by atoms with Crippen molar-refractivity contribution in [3.8, 4) is 0 Å². The highest BCUT2D eigenvalue weighted by Crippen LogP contribution is 2.05. The smallest absolute Gasteiger partial charge is 0.325 e. The van der Waals surface area contributed by atoms with Gasteiger partial charge in [-0.25, -0.2) is 0 Å². The van der Waals surface area contributed by atoms with Crippen LogP contribution < -0.4 is 11.1 Å². The Labute approximate surface area is 86.9 Å². The SMILES string of the molecule is CC(NC(=O)c1ccc(N)cc1)C(=O)O. The Kier molecular flexibility index (Phi) is 3.28. The van der Waals surface area contributed by atoms with E-state index in [2.05, 4.69) is 5.32 Å². The second kappa shape index (κ2) is 4.45. The molecule has 1 amide bonds. The molecule has 4 N–H and O–H groups in total. The molecule has 0 saturated carbocycles. The minimum atomic E-state index is -1.07. The van der Waals surface area contributed by atoms with E-state index in [-0.39, 0.29) is 0 Å². The van der Waals surface area contributed by atoms with Gasteiger partial charge < -0.3 is 16.2 Å². The number of hydrogen-bond acceptors (Lipinski definition) is 3. The molecule has 0 aliphatic rings. The van der Waals surface area contributed by atoms with Gasteiger partial charge in [-0.1, -0.05) is 0 Å². The zero-order chi connectivity index (χ0) is 11.4. The summed E-state index contributed by atoms with van der Waals surface area (Å²) >= 11 is 0. The molecular weight excluding hydrogens is 196 g/mol. The third-order valence-corrected chi connectivity index (χ3v) is 1.89. The lowest BCUT2D eigenvalue weighted by atomic mass is 10.2. The number of hydrogen-bond donors (Lipinski definition) is 3. The monoisotopic (exact) mass is 208 g/mol. The Bertz CT molecular complexity index is 373. The fraction of sp³-hybridized carbons (Fsp3) is 0.200. The summed E-state index contributed by atoms with van der Waals surface area (Å²) in [4.78, 5) is 21.9. The first kappa shape index (κ1) is 11.0. The van der Waals surface area contributed by atoms with Crippen molar-refractivity contribution in [1.82, 2.24) is 5.32 Å². The van der Waals surface area contributed by atoms with Crippen LogP contribution >= 0.6 is 0 Å². The van der Waals surface area contributed by atoms with Gasteiger partial charge in [0.1, 0.15) is 6.04 Å². The van der Waals surface area contributed by atoms with Crippen molar-refractivity contribution >= 4 is 17.6 Å². The van der Waals surface area contributed by atoms with Crippen LogP contribution in [0.15, 0.2) is 24.3 Å². The van der Waals surface area contributed by atoms with Gasteiger partial charge in [0.2, 0.25) is 0 Å². The molecule has 0 saturated heterocycles. The minimum absolute atomic E-state index is 0.386. The number of nitrogens with two attached hydrogens (primary N) is 1. The Balaban J connectivity index is 2.69. The van der Waals surface area contributed by atoms with Crippen molar-refractivity contribution < 1.29 is 14.7 Å². The summed E-state index contributed by atoms with van der Waals surface area (Å²) in [5.41, 5.74) is 6.39. The van der Waals surface area contributed by atoms with Crippen molar-refractivity contribution in [2.75, 3.05) is 5.73 Å². The molecule has 0 aliphatic heterocycles. The van der Waals surface area contributed by atoms with Crippen molar-refractivity contribution in [1.29, 1.82) is 0 Å². The summed E-state index contributed by atoms with van der Waals surface area (Å²) in [6.45, 7) is 1.40. The predicted octanol–water partition coefficient (Wildman–Crippen LogP) is 0.472. The highest BCUT2D eigenvalue weighted by Gasteiger charge is 2.14. The number of carboxylic acid groups (broad SMARTS) is 1. The van der Waals surface area contributed by atoms with Crippen LogP contribution in [-0.2, 0) is 4.79 Å². The molecule has 0 bridgehead atoms. The molecule has 0 heterocycles. The second-order valence-electron chi connectivity index (χ2n) is 3.16. The maximum atomic E-state index is 11.5. The van der Waals surface area contributed by atoms with E-state index in [1.165, 1.54) is 6.92 Å². The van der Waals surface area contributed by atoms with Gasteiger partial charge in [0.15, 0.2) is 0 Å². The Morgan fingerprint density at radius 3 is 2.33 bits per heavy atom. The number of amides is 1. The molecule has 80 valence electrons. The van der Waals surface area contributed by atoms with Crippen LogP contribution in [0.1, 0.15) is 17.3 Å². The number of carbonyl (C=O) groups excluding carboxylic acids is 1. The molecule has 5 heteroatoms. The molecule has 0 radical (unpaired) electrons. The summed E-state index contributed by atoms with van der Waals surface area (Å²) in [6, 6.07) is 5.34. The zero-order valence-electron chi connectivity index (χ0n) is 8.23. The normalized spacial score (nSPS) is 11.8. The maximum absolute atomic E-state index is 11.5. The van der Waals surface area contributed by atoms with Gasteiger partial charge in [0.05, 0.1) is 0 Å². The number of benzene rings is 1. The van der Waals surface area contributed by atoms with E-state index < -0.39 is 17.9 Å². The van der Waals surface area contributed by atoms with Gasteiger partial charge in [-0.15, -0.1) is 0 Å². The minimum Gasteiger partial charge on any atom is -0.480 e. The van der Waals surface area contributed by atoms with E-state index in [1.54, 1.807) is 24.3 Å². The van der Waals surface area contributed by atoms with Crippen LogP contribution in [0, 0.1) is 0 Å². The van der Waals surface area contributed by atoms with Gasteiger partial charge in [0, 0.05) is 11.3 Å². The Morgan fingerprint density at radius 1 is 1.33 bits per heavy atom. The van der Waals surface area contributed by atoms with Gasteiger partial charge in [-0.05, 0) is 31.2 Å². The summed E-state index contributed by atoms with van der Waals surface area (Å²) < 4.78 is 0. The largest absolute Gasteiger partial charge is 0.480 e. The topological polar surface area (TPSA) is 92.4 Å². The molecule has 0 fully saturated rings. The third kappa shape index (κ3) is 2.98. The summed E-state index contributed by atoms with van der Waals surface area (Å²) in [6.07, 6.45) is 0. The molecule has 0 aliphatic carbocycles. The Morgan fingerprint density at radius 2 is 1.87 bits per heavy atom. The van der Waals surface area contributed by atoms with Crippen molar-refractivity contribution in [3.05, 3.63) is 29.8 Å². The van der Waals surface area contributed by atoms with E-state index in [4.69, 9.17) is 10.8 Å². The van der Waals surface area contributed by atoms with Gasteiger partial charge >= 0.3 is 5.97 Å². The number of rotatable bonds is 3. The molecule has 1 unspecified atom stereocenters. The molecule has 1 atom stereocenters. The number of carbonyl (C=O) groups is 2. The van der Waals surface area contributed by atoms with Crippen LogP contribution in [0.2, 0.25) is 0 Å². The van der Waals surface area contributed by atoms with Crippen molar-refractivity contribution in [2.24, 2.45) is 0 Å². The van der Waals surface area contributed by atoms with E-state index in [0.29, 0.717) is 11.3 Å². The highest BCUT2D eigenvalue weighted by atomic mass is 16.4. The molecule has 0 aromatic heterocycles. The molecular formula is C10H12N2O3. The average Bonchev–Trinajstić information content (AvgIpc) is 2.18. The van der Waals surface area contributed by atoms with Crippen LogP contribution in [0.3, 0.4) is 0 Å². The lowest BCUT2D eigenvalue weighted by Crippen LogP contribution is -2.38. The van der Waals surface area contributed by atoms with Crippen LogP contribution in [0.25, 0.3) is 0 Å². The van der Waals surface area contributed by atoms with Crippen molar-refractivity contribution in [3.63, 3.8) is 0 Å². The summed E-state index contributed by atoms with van der Waals surface area (Å²) in [7, 11) is 0. The van der Waals surface area contributed by atoms with Crippen LogP contribution in [-0.4, -0.2) is 23.0 Å². The van der Waals surface area contributed by atoms with Crippen LogP contribution in [0.4, 0.5) is 5.69 Å². The van der Waals surface area contributed by atoms with E-state index in [0.717, 1.165) is 0 Å². The fourth-order valence-electron chi connectivity index (χ4n) is 0.976. The number of carboxylic acids is 1. The van der Waals surface area contributed by atoms with E-state index in [9.17, 15) is 9.59 Å². The summed E-state index contributed by atoms with van der Waals surface area (Å²) in [5, 5.41) is 10.9. The quantitative estimate of drug-likeness (QED) is 0.629. The predicted molar refractivity (Wildman–Crippen MR) is 55.4 cm³/mol. The standard InChI is InChI=1S/C10H12N2O3/c1-6(10(14)15)12-9(13)7-2-4-8(11)5-3-7/h2-6H,11H2,1H3,(H,12,13)(H,14,15). The molecule has 5 nitrogen and oxygen atoms in total. The van der Waals surface area contributed by atoms with Gasteiger partial charge in [0.25, 0.3) is 5.91 Å². The number of nitrogens with one attached hydrogen (secondary N) is 1. The molecule has 1 aromatic rings. The first-order valence-electron chi connectivity index (χ1n) is 4.40. The first-order chi connectivity index (χ1) is 7.00. The van der Waals surface area contributed by atoms with E-state index in [1.807, 2.05) is 0 Å². The fourth-order valence-corrected chi connectivity index (χ4v) is 0.976. The molecule has 0 spiro atoms. The molecule has 1 rings (SSSR count). The summed E-state index contributed by atoms with van der Waals surface area (Å²) in [5.74, 6) is -1.50. The lowest BCUT2D eigenvalue weighted by Gasteiger charge is -2.08. The maximum Gasteiger partial charge on any atom is 0.325 e. The van der Waals surface area contributed by atoms with Crippen LogP contribution in [0.5, 0.6) is 0 Å². The number of anilines is 1. The number of nitrogen functional groups attached to an aromatic ring is 1. The van der Waals surface area contributed by atoms with Gasteiger partial charge in [-0.2, -0.15) is 0 Å². The first-order valence-corrected chi connectivity index (χ1v) is 4.40. The zero-order valence-corrected chi connectivity index (χ0v) is 8.23. The number of aliphatic carboxylic acids is 1.